The van der Waals surface area contributed by atoms with Gasteiger partial charge in [-0.15, -0.1) is 0 Å². The first-order valence-corrected chi connectivity index (χ1v) is 10.4. The normalized spacial score (nSPS) is 10.9. The van der Waals surface area contributed by atoms with Crippen LogP contribution in [0.2, 0.25) is 10.0 Å². The van der Waals surface area contributed by atoms with Crippen LogP contribution in [0.25, 0.3) is 10.8 Å². The van der Waals surface area contributed by atoms with Gasteiger partial charge in [-0.2, -0.15) is 5.10 Å². The molecular formula is C25H16Cl2N2O3. The molecule has 0 radical (unpaired) electrons. The molecule has 1 amide bonds. The van der Waals surface area contributed by atoms with E-state index in [2.05, 4.69) is 10.5 Å². The number of ether oxygens (including phenoxy) is 1. The molecule has 0 aliphatic carbocycles. The van der Waals surface area contributed by atoms with Gasteiger partial charge in [0.05, 0.1) is 22.4 Å². The molecule has 0 aliphatic rings. The Morgan fingerprint density at radius 1 is 0.844 bits per heavy atom. The van der Waals surface area contributed by atoms with Crippen molar-refractivity contribution in [1.29, 1.82) is 0 Å². The number of nitrogens with one attached hydrogen (secondary N) is 1. The average Bonchev–Trinajstić information content (AvgIpc) is 2.80. The largest absolute Gasteiger partial charge is 0.422 e. The zero-order valence-electron chi connectivity index (χ0n) is 16.6. The van der Waals surface area contributed by atoms with Gasteiger partial charge in [-0.25, -0.2) is 10.2 Å². The van der Waals surface area contributed by atoms with Gasteiger partial charge in [0.2, 0.25) is 0 Å². The molecule has 0 aromatic heterocycles. The maximum absolute atomic E-state index is 12.6. The number of amides is 1. The summed E-state index contributed by atoms with van der Waals surface area (Å²) in [4.78, 5) is 25.0. The lowest BCUT2D eigenvalue weighted by Gasteiger charge is -2.11. The van der Waals surface area contributed by atoms with E-state index in [1.807, 2.05) is 30.3 Å². The minimum Gasteiger partial charge on any atom is -0.422 e. The van der Waals surface area contributed by atoms with Crippen molar-refractivity contribution < 1.29 is 14.3 Å². The molecule has 0 unspecified atom stereocenters. The fraction of sp³-hybridized carbons (Fsp3) is 0. The standard InChI is InChI=1S/C25H16Cl2N2O3/c26-18-12-9-17(10-13-18)25(31)32-23-14-11-16-5-1-2-6-19(16)21(23)15-28-29-24(30)20-7-3-4-8-22(20)27/h1-15H,(H,29,30)/b28-15+. The molecule has 0 atom stereocenters. The number of rotatable bonds is 5. The third-order valence-electron chi connectivity index (χ3n) is 4.69. The van der Waals surface area contributed by atoms with Crippen LogP contribution in [-0.2, 0) is 0 Å². The molecule has 0 heterocycles. The number of hydrazone groups is 1. The molecule has 4 aromatic rings. The van der Waals surface area contributed by atoms with E-state index in [0.717, 1.165) is 10.8 Å². The van der Waals surface area contributed by atoms with Gasteiger partial charge in [-0.3, -0.25) is 4.79 Å². The Labute approximate surface area is 194 Å². The van der Waals surface area contributed by atoms with Crippen molar-refractivity contribution >= 4 is 52.1 Å². The molecular weight excluding hydrogens is 447 g/mol. The summed E-state index contributed by atoms with van der Waals surface area (Å²) in [5.41, 5.74) is 3.67. The molecule has 7 heteroatoms. The van der Waals surface area contributed by atoms with Crippen molar-refractivity contribution in [3.63, 3.8) is 0 Å². The Morgan fingerprint density at radius 2 is 1.56 bits per heavy atom. The molecule has 0 spiro atoms. The lowest BCUT2D eigenvalue weighted by Crippen LogP contribution is -2.18. The molecule has 4 rings (SSSR count). The molecule has 0 bridgehead atoms. The van der Waals surface area contributed by atoms with Crippen LogP contribution in [-0.4, -0.2) is 18.1 Å². The van der Waals surface area contributed by atoms with Crippen LogP contribution in [0.1, 0.15) is 26.3 Å². The number of carbonyl (C=O) groups excluding carboxylic acids is 2. The van der Waals surface area contributed by atoms with Crippen LogP contribution in [0.4, 0.5) is 0 Å². The van der Waals surface area contributed by atoms with Crippen molar-refractivity contribution in [2.24, 2.45) is 5.10 Å². The van der Waals surface area contributed by atoms with Crippen molar-refractivity contribution in [2.45, 2.75) is 0 Å². The minimum absolute atomic E-state index is 0.304. The molecule has 0 saturated heterocycles. The number of carbonyl (C=O) groups is 2. The van der Waals surface area contributed by atoms with Gasteiger partial charge in [0.25, 0.3) is 5.91 Å². The fourth-order valence-electron chi connectivity index (χ4n) is 3.10. The van der Waals surface area contributed by atoms with Gasteiger partial charge in [0.15, 0.2) is 0 Å². The Balaban J connectivity index is 1.63. The van der Waals surface area contributed by atoms with Crippen molar-refractivity contribution in [2.75, 3.05) is 0 Å². The SMILES string of the molecule is O=C(Oc1ccc2ccccc2c1/C=N/NC(=O)c1ccccc1Cl)c1ccc(Cl)cc1. The van der Waals surface area contributed by atoms with Gasteiger partial charge >= 0.3 is 5.97 Å². The third kappa shape index (κ3) is 4.80. The summed E-state index contributed by atoms with van der Waals surface area (Å²) < 4.78 is 5.63. The second-order valence-corrected chi connectivity index (χ2v) is 7.62. The van der Waals surface area contributed by atoms with Crippen molar-refractivity contribution in [3.8, 4) is 5.75 Å². The first-order valence-electron chi connectivity index (χ1n) is 9.60. The third-order valence-corrected chi connectivity index (χ3v) is 5.27. The van der Waals surface area contributed by atoms with Gasteiger partial charge in [0.1, 0.15) is 5.75 Å². The van der Waals surface area contributed by atoms with Gasteiger partial charge in [0, 0.05) is 10.6 Å². The van der Waals surface area contributed by atoms with Crippen molar-refractivity contribution in [1.82, 2.24) is 5.43 Å². The minimum atomic E-state index is -0.535. The predicted molar refractivity (Wildman–Crippen MR) is 127 cm³/mol. The number of halogens is 2. The lowest BCUT2D eigenvalue weighted by molar-refractivity contribution is 0.0734. The summed E-state index contributed by atoms with van der Waals surface area (Å²) in [6.07, 6.45) is 1.45. The zero-order valence-corrected chi connectivity index (χ0v) is 18.1. The Hall–Kier alpha value is -3.67. The van der Waals surface area contributed by atoms with Crippen LogP contribution < -0.4 is 10.2 Å². The number of benzene rings is 4. The molecule has 4 aromatic carbocycles. The topological polar surface area (TPSA) is 67.8 Å². The molecule has 32 heavy (non-hydrogen) atoms. The highest BCUT2D eigenvalue weighted by molar-refractivity contribution is 6.33. The number of hydrogen-bond acceptors (Lipinski definition) is 4. The summed E-state index contributed by atoms with van der Waals surface area (Å²) in [6.45, 7) is 0. The van der Waals surface area contributed by atoms with Gasteiger partial charge in [-0.1, -0.05) is 65.7 Å². The van der Waals surface area contributed by atoms with Crippen LogP contribution in [0.5, 0.6) is 5.75 Å². The van der Waals surface area contributed by atoms with Gasteiger partial charge < -0.3 is 4.74 Å². The van der Waals surface area contributed by atoms with Crippen LogP contribution in [0.3, 0.4) is 0 Å². The smallest absolute Gasteiger partial charge is 0.343 e. The molecule has 0 aliphatic heterocycles. The maximum atomic E-state index is 12.6. The first-order chi connectivity index (χ1) is 15.5. The van der Waals surface area contributed by atoms with E-state index in [9.17, 15) is 9.59 Å². The summed E-state index contributed by atoms with van der Waals surface area (Å²) in [6, 6.07) is 24.2. The molecule has 5 nitrogen and oxygen atoms in total. The number of hydrogen-bond donors (Lipinski definition) is 1. The lowest BCUT2D eigenvalue weighted by atomic mass is 10.0. The van der Waals surface area contributed by atoms with E-state index >= 15 is 0 Å². The monoisotopic (exact) mass is 462 g/mol. The molecule has 0 saturated carbocycles. The predicted octanol–water partition coefficient (Wildman–Crippen LogP) is 6.13. The quantitative estimate of drug-likeness (QED) is 0.168. The van der Waals surface area contributed by atoms with Crippen molar-refractivity contribution in [3.05, 3.63) is 112 Å². The van der Waals surface area contributed by atoms with Gasteiger partial charge in [-0.05, 0) is 53.2 Å². The van der Waals surface area contributed by atoms with E-state index in [4.69, 9.17) is 27.9 Å². The fourth-order valence-corrected chi connectivity index (χ4v) is 3.45. The van der Waals surface area contributed by atoms with E-state index in [-0.39, 0.29) is 0 Å². The Bertz CT molecular complexity index is 1330. The van der Waals surface area contributed by atoms with E-state index in [0.29, 0.717) is 32.5 Å². The van der Waals surface area contributed by atoms with E-state index in [1.54, 1.807) is 54.6 Å². The maximum Gasteiger partial charge on any atom is 0.343 e. The summed E-state index contributed by atoms with van der Waals surface area (Å²) >= 11 is 12.0. The van der Waals surface area contributed by atoms with Crippen LogP contribution >= 0.6 is 23.2 Å². The van der Waals surface area contributed by atoms with Crippen LogP contribution in [0.15, 0.2) is 90.0 Å². The molecule has 0 fully saturated rings. The number of esters is 1. The second-order valence-electron chi connectivity index (χ2n) is 6.77. The highest BCUT2D eigenvalue weighted by atomic mass is 35.5. The number of fused-ring (bicyclic) bond motifs is 1. The Kier molecular flexibility index (Phi) is 6.50. The number of nitrogens with zero attached hydrogens (tertiary/aromatic N) is 1. The summed E-state index contributed by atoms with van der Waals surface area (Å²) in [7, 11) is 0. The summed E-state index contributed by atoms with van der Waals surface area (Å²) in [5, 5.41) is 6.65. The highest BCUT2D eigenvalue weighted by Gasteiger charge is 2.14. The average molecular weight is 463 g/mol. The highest BCUT2D eigenvalue weighted by Crippen LogP contribution is 2.27. The Morgan fingerprint density at radius 3 is 2.34 bits per heavy atom. The summed E-state index contributed by atoms with van der Waals surface area (Å²) in [5.74, 6) is -0.683. The molecule has 1 N–H and O–H groups in total. The molecule has 158 valence electrons. The second kappa shape index (κ2) is 9.64. The van der Waals surface area contributed by atoms with E-state index in [1.165, 1.54) is 6.21 Å². The first kappa shape index (κ1) is 21.6. The zero-order chi connectivity index (χ0) is 22.5. The van der Waals surface area contributed by atoms with Crippen LogP contribution in [0, 0.1) is 0 Å². The van der Waals surface area contributed by atoms with E-state index < -0.39 is 11.9 Å².